The Hall–Kier alpha value is -1.09. The monoisotopic (exact) mass is 264 g/mol. The van der Waals surface area contributed by atoms with Crippen LogP contribution in [0.5, 0.6) is 0 Å². The van der Waals surface area contributed by atoms with E-state index in [0.29, 0.717) is 17.8 Å². The third-order valence-electron chi connectivity index (χ3n) is 4.28. The number of ether oxygens (including phenoxy) is 2. The predicted molar refractivity (Wildman–Crippen MR) is 74.4 cm³/mol. The summed E-state index contributed by atoms with van der Waals surface area (Å²) < 4.78 is 11.3. The van der Waals surface area contributed by atoms with Crippen LogP contribution in [0.15, 0.2) is 24.3 Å². The fourth-order valence-corrected chi connectivity index (χ4v) is 3.10. The van der Waals surface area contributed by atoms with Gasteiger partial charge >= 0.3 is 5.97 Å². The van der Waals surface area contributed by atoms with E-state index in [1.165, 1.54) is 18.9 Å². The van der Waals surface area contributed by atoms with E-state index in [2.05, 4.69) is 27.4 Å². The number of esters is 1. The highest BCUT2D eigenvalue weighted by Crippen LogP contribution is 2.37. The van der Waals surface area contributed by atoms with E-state index in [4.69, 9.17) is 9.47 Å². The first-order valence-corrected chi connectivity index (χ1v) is 7.21. The quantitative estimate of drug-likeness (QED) is 0.729. The van der Waals surface area contributed by atoms with E-state index in [1.807, 2.05) is 0 Å². The number of hydrogen-bond acceptors (Lipinski definition) is 3. The Morgan fingerprint density at radius 2 is 2.21 bits per heavy atom. The van der Waals surface area contributed by atoms with Crippen LogP contribution in [0.1, 0.15) is 40.0 Å². The van der Waals surface area contributed by atoms with E-state index in [0.717, 1.165) is 12.0 Å². The number of rotatable bonds is 4. The molecule has 1 fully saturated rings. The molecule has 0 aromatic heterocycles. The summed E-state index contributed by atoms with van der Waals surface area (Å²) in [5, 5.41) is 0. The van der Waals surface area contributed by atoms with Gasteiger partial charge in [0.1, 0.15) is 0 Å². The van der Waals surface area contributed by atoms with Crippen LogP contribution in [0.3, 0.4) is 0 Å². The molecule has 0 aromatic carbocycles. The summed E-state index contributed by atoms with van der Waals surface area (Å²) in [6, 6.07) is 0. The molecule has 1 saturated carbocycles. The number of carbonyl (C=O) groups is 1. The molecular formula is C16H24O3. The molecule has 0 N–H and O–H groups in total. The maximum absolute atomic E-state index is 11.3. The lowest BCUT2D eigenvalue weighted by atomic mass is 9.75. The van der Waals surface area contributed by atoms with E-state index in [1.54, 1.807) is 6.08 Å². The Balaban J connectivity index is 2.05. The number of carbonyl (C=O) groups excluding carboxylic acids is 1. The SMILES string of the molecule is C=CC1=CC(=O)O[C@@H]1O[C@@H]1C[C@H](C)CC[C@H]1C(C)C. The zero-order valence-corrected chi connectivity index (χ0v) is 12.1. The number of cyclic esters (lactones) is 1. The molecule has 3 heteroatoms. The van der Waals surface area contributed by atoms with Crippen molar-refractivity contribution in [3.63, 3.8) is 0 Å². The van der Waals surface area contributed by atoms with Gasteiger partial charge in [-0.3, -0.25) is 0 Å². The molecule has 0 unspecified atom stereocenters. The van der Waals surface area contributed by atoms with Crippen LogP contribution < -0.4 is 0 Å². The second-order valence-corrected chi connectivity index (χ2v) is 6.12. The fourth-order valence-electron chi connectivity index (χ4n) is 3.10. The van der Waals surface area contributed by atoms with Gasteiger partial charge in [-0.15, -0.1) is 0 Å². The van der Waals surface area contributed by atoms with Crippen molar-refractivity contribution in [1.82, 2.24) is 0 Å². The van der Waals surface area contributed by atoms with Crippen LogP contribution in [-0.4, -0.2) is 18.4 Å². The fraction of sp³-hybridized carbons (Fsp3) is 0.688. The first-order chi connectivity index (χ1) is 9.01. The van der Waals surface area contributed by atoms with Crippen LogP contribution in [0, 0.1) is 17.8 Å². The summed E-state index contributed by atoms with van der Waals surface area (Å²) >= 11 is 0. The van der Waals surface area contributed by atoms with E-state index in [-0.39, 0.29) is 12.1 Å². The molecule has 1 heterocycles. The minimum absolute atomic E-state index is 0.169. The minimum Gasteiger partial charge on any atom is -0.428 e. The summed E-state index contributed by atoms with van der Waals surface area (Å²) in [7, 11) is 0. The van der Waals surface area contributed by atoms with Gasteiger partial charge in [0.15, 0.2) is 0 Å². The molecule has 106 valence electrons. The topological polar surface area (TPSA) is 35.5 Å². The molecule has 2 aliphatic rings. The smallest absolute Gasteiger partial charge is 0.333 e. The first-order valence-electron chi connectivity index (χ1n) is 7.21. The molecular weight excluding hydrogens is 240 g/mol. The Kier molecular flexibility index (Phi) is 4.46. The summed E-state index contributed by atoms with van der Waals surface area (Å²) in [5.74, 6) is 1.48. The van der Waals surface area contributed by atoms with Gasteiger partial charge in [0.2, 0.25) is 6.29 Å². The van der Waals surface area contributed by atoms with Crippen molar-refractivity contribution >= 4 is 5.97 Å². The average molecular weight is 264 g/mol. The highest BCUT2D eigenvalue weighted by Gasteiger charge is 2.36. The zero-order chi connectivity index (χ0) is 14.0. The Labute approximate surface area is 115 Å². The minimum atomic E-state index is -0.554. The standard InChI is InChI=1S/C16H24O3/c1-5-12-9-15(17)19-16(12)18-14-8-11(4)6-7-13(14)10(2)3/h5,9-11,13-14,16H,1,6-8H2,2-4H3/t11-,13+,14-,16+/m1/s1. The average Bonchev–Trinajstić information content (AvgIpc) is 2.69. The van der Waals surface area contributed by atoms with Gasteiger partial charge in [0, 0.05) is 11.6 Å². The molecule has 1 aliphatic carbocycles. The van der Waals surface area contributed by atoms with E-state index in [9.17, 15) is 4.79 Å². The third-order valence-corrected chi connectivity index (χ3v) is 4.28. The normalized spacial score (nSPS) is 35.2. The lowest BCUT2D eigenvalue weighted by molar-refractivity contribution is -0.180. The van der Waals surface area contributed by atoms with Crippen molar-refractivity contribution < 1.29 is 14.3 Å². The van der Waals surface area contributed by atoms with Crippen molar-refractivity contribution in [2.24, 2.45) is 17.8 Å². The maximum Gasteiger partial charge on any atom is 0.333 e. The van der Waals surface area contributed by atoms with Gasteiger partial charge in [-0.25, -0.2) is 4.79 Å². The molecule has 1 aliphatic heterocycles. The van der Waals surface area contributed by atoms with Crippen molar-refractivity contribution in [3.8, 4) is 0 Å². The largest absolute Gasteiger partial charge is 0.428 e. The van der Waals surface area contributed by atoms with Gasteiger partial charge in [-0.05, 0) is 30.6 Å². The molecule has 0 bridgehead atoms. The summed E-state index contributed by atoms with van der Waals surface area (Å²) in [6.45, 7) is 10.4. The van der Waals surface area contributed by atoms with Crippen molar-refractivity contribution in [2.75, 3.05) is 0 Å². The van der Waals surface area contributed by atoms with Gasteiger partial charge in [0.05, 0.1) is 6.10 Å². The molecule has 3 nitrogen and oxygen atoms in total. The first kappa shape index (κ1) is 14.3. The van der Waals surface area contributed by atoms with Crippen molar-refractivity contribution in [1.29, 1.82) is 0 Å². The second kappa shape index (κ2) is 5.91. The predicted octanol–water partition coefficient (Wildman–Crippen LogP) is 3.46. The Morgan fingerprint density at radius 3 is 2.84 bits per heavy atom. The van der Waals surface area contributed by atoms with Crippen LogP contribution in [0.4, 0.5) is 0 Å². The van der Waals surface area contributed by atoms with E-state index >= 15 is 0 Å². The van der Waals surface area contributed by atoms with Crippen LogP contribution in [0.2, 0.25) is 0 Å². The third kappa shape index (κ3) is 3.27. The summed E-state index contributed by atoms with van der Waals surface area (Å²) in [6.07, 6.45) is 6.22. The zero-order valence-electron chi connectivity index (χ0n) is 12.1. The molecule has 2 rings (SSSR count). The second-order valence-electron chi connectivity index (χ2n) is 6.12. The maximum atomic E-state index is 11.3. The van der Waals surface area contributed by atoms with Gasteiger partial charge in [-0.1, -0.05) is 39.8 Å². The summed E-state index contributed by atoms with van der Waals surface area (Å²) in [4.78, 5) is 11.3. The van der Waals surface area contributed by atoms with Crippen LogP contribution >= 0.6 is 0 Å². The van der Waals surface area contributed by atoms with Gasteiger partial charge in [-0.2, -0.15) is 0 Å². The molecule has 19 heavy (non-hydrogen) atoms. The highest BCUT2D eigenvalue weighted by atomic mass is 16.7. The Morgan fingerprint density at radius 1 is 1.47 bits per heavy atom. The molecule has 0 amide bonds. The molecule has 0 saturated heterocycles. The van der Waals surface area contributed by atoms with Gasteiger partial charge < -0.3 is 9.47 Å². The molecule has 0 radical (unpaired) electrons. The lowest BCUT2D eigenvalue weighted by Crippen LogP contribution is -2.37. The highest BCUT2D eigenvalue weighted by molar-refractivity contribution is 5.86. The molecule has 0 spiro atoms. The summed E-state index contributed by atoms with van der Waals surface area (Å²) in [5.41, 5.74) is 0.741. The molecule has 4 atom stereocenters. The van der Waals surface area contributed by atoms with E-state index < -0.39 is 6.29 Å². The lowest BCUT2D eigenvalue weighted by Gasteiger charge is -2.38. The van der Waals surface area contributed by atoms with Crippen LogP contribution in [-0.2, 0) is 14.3 Å². The van der Waals surface area contributed by atoms with Crippen LogP contribution in [0.25, 0.3) is 0 Å². The van der Waals surface area contributed by atoms with Crippen molar-refractivity contribution in [2.45, 2.75) is 52.4 Å². The van der Waals surface area contributed by atoms with Crippen molar-refractivity contribution in [3.05, 3.63) is 24.3 Å². The number of hydrogen-bond donors (Lipinski definition) is 0. The van der Waals surface area contributed by atoms with Gasteiger partial charge in [0.25, 0.3) is 0 Å². The Bertz CT molecular complexity index is 383. The molecule has 0 aromatic rings.